The third kappa shape index (κ3) is 6.71. The first kappa shape index (κ1) is 20.8. The summed E-state index contributed by atoms with van der Waals surface area (Å²) in [4.78, 5) is 0. The third-order valence-corrected chi connectivity index (χ3v) is 4.75. The molecule has 0 spiro atoms. The maximum absolute atomic E-state index is 5.45. The lowest BCUT2D eigenvalue weighted by Crippen LogP contribution is -3.00. The highest BCUT2D eigenvalue weighted by Gasteiger charge is 2.27. The highest BCUT2D eigenvalue weighted by molar-refractivity contribution is 4.51. The first-order chi connectivity index (χ1) is 8.62. The van der Waals surface area contributed by atoms with Gasteiger partial charge in [-0.25, -0.2) is 0 Å². The van der Waals surface area contributed by atoms with Gasteiger partial charge in [0, 0.05) is 12.8 Å². The zero-order valence-corrected chi connectivity index (χ0v) is 16.1. The molecule has 2 aliphatic heterocycles. The van der Waals surface area contributed by atoms with Gasteiger partial charge in [0.15, 0.2) is 0 Å². The normalized spacial score (nSPS) is 24.3. The van der Waals surface area contributed by atoms with Crippen molar-refractivity contribution in [2.24, 2.45) is 0 Å². The number of likely N-dealkylation sites (N-methyl/N-ethyl adjacent to an activating group) is 2. The van der Waals surface area contributed by atoms with Gasteiger partial charge in [-0.15, -0.1) is 0 Å². The molecule has 0 radical (unpaired) electrons. The minimum Gasteiger partial charge on any atom is -1.00 e. The number of quaternary nitrogens is 2. The summed E-state index contributed by atoms with van der Waals surface area (Å²) in [5.41, 5.74) is 0. The Bertz CT molecular complexity index is 230. The van der Waals surface area contributed by atoms with Gasteiger partial charge >= 0.3 is 0 Å². The number of unbranched alkanes of at least 4 members (excludes halogenated alkanes) is 1. The largest absolute Gasteiger partial charge is 1.00 e. The van der Waals surface area contributed by atoms with Crippen molar-refractivity contribution in [3.8, 4) is 0 Å². The monoisotopic (exact) mass is 416 g/mol. The van der Waals surface area contributed by atoms with E-state index in [0.717, 1.165) is 26.4 Å². The molecule has 0 aromatic heterocycles. The van der Waals surface area contributed by atoms with Crippen molar-refractivity contribution in [1.29, 1.82) is 0 Å². The summed E-state index contributed by atoms with van der Waals surface area (Å²) in [7, 11) is 4.76. The Kier molecular flexibility index (Phi) is 10.1. The van der Waals surface area contributed by atoms with Crippen LogP contribution in [0.3, 0.4) is 0 Å². The molecular formula is C14H30Br2N2O2. The Morgan fingerprint density at radius 1 is 0.650 bits per heavy atom. The van der Waals surface area contributed by atoms with Crippen molar-refractivity contribution >= 4 is 0 Å². The van der Waals surface area contributed by atoms with E-state index in [1.165, 1.54) is 61.1 Å². The highest BCUT2D eigenvalue weighted by Crippen LogP contribution is 2.13. The zero-order chi connectivity index (χ0) is 12.9. The molecular weight excluding hydrogens is 388 g/mol. The molecule has 0 N–H and O–H groups in total. The van der Waals surface area contributed by atoms with E-state index in [-0.39, 0.29) is 34.0 Å². The Hall–Kier alpha value is 0.800. The number of rotatable bonds is 5. The summed E-state index contributed by atoms with van der Waals surface area (Å²) in [5, 5.41) is 0. The molecule has 4 nitrogen and oxygen atoms in total. The molecule has 20 heavy (non-hydrogen) atoms. The van der Waals surface area contributed by atoms with E-state index >= 15 is 0 Å². The second-order valence-electron chi connectivity index (χ2n) is 6.51. The second kappa shape index (κ2) is 9.74. The lowest BCUT2D eigenvalue weighted by atomic mass is 10.2. The van der Waals surface area contributed by atoms with Crippen molar-refractivity contribution in [1.82, 2.24) is 0 Å². The topological polar surface area (TPSA) is 18.5 Å². The Labute approximate surface area is 145 Å². The lowest BCUT2D eigenvalue weighted by Gasteiger charge is -2.39. The van der Waals surface area contributed by atoms with Crippen molar-refractivity contribution in [3.63, 3.8) is 0 Å². The fourth-order valence-corrected chi connectivity index (χ4v) is 3.00. The number of nitrogens with zero attached hydrogens (tertiary/aromatic N) is 2. The summed E-state index contributed by atoms with van der Waals surface area (Å²) < 4.78 is 13.3. The average molecular weight is 418 g/mol. The van der Waals surface area contributed by atoms with Crippen molar-refractivity contribution < 1.29 is 52.4 Å². The second-order valence-corrected chi connectivity index (χ2v) is 6.51. The van der Waals surface area contributed by atoms with Gasteiger partial charge < -0.3 is 52.4 Å². The van der Waals surface area contributed by atoms with Crippen LogP contribution in [0.2, 0.25) is 0 Å². The first-order valence-corrected chi connectivity index (χ1v) is 7.45. The first-order valence-electron chi connectivity index (χ1n) is 7.45. The van der Waals surface area contributed by atoms with Crippen molar-refractivity contribution in [2.75, 3.05) is 79.8 Å². The van der Waals surface area contributed by atoms with Crippen LogP contribution < -0.4 is 34.0 Å². The van der Waals surface area contributed by atoms with Gasteiger partial charge in [0.25, 0.3) is 0 Å². The fourth-order valence-electron chi connectivity index (χ4n) is 3.00. The Morgan fingerprint density at radius 3 is 1.25 bits per heavy atom. The molecule has 0 bridgehead atoms. The predicted octanol–water partition coefficient (Wildman–Crippen LogP) is -5.27. The number of morpholine rings is 2. The molecule has 2 aliphatic rings. The average Bonchev–Trinajstić information content (AvgIpc) is 2.37. The summed E-state index contributed by atoms with van der Waals surface area (Å²) in [6.07, 6.45) is 2.70. The minimum absolute atomic E-state index is 0. The van der Waals surface area contributed by atoms with Crippen molar-refractivity contribution in [3.05, 3.63) is 0 Å². The summed E-state index contributed by atoms with van der Waals surface area (Å²) >= 11 is 0. The standard InChI is InChI=1S/C14H30N2O2.2BrH/c1-15(7-11-17-12-8-15)5-3-4-6-16(2)9-13-18-14-10-16;;/h3-14H2,1-2H3;2*1H/q+2;;/p-2. The maximum Gasteiger partial charge on any atom is 0.102 e. The zero-order valence-electron chi connectivity index (χ0n) is 13.0. The predicted molar refractivity (Wildman–Crippen MR) is 72.4 cm³/mol. The lowest BCUT2D eigenvalue weighted by molar-refractivity contribution is -0.923. The molecule has 6 heteroatoms. The minimum atomic E-state index is 0. The van der Waals surface area contributed by atoms with Crippen LogP contribution in [-0.4, -0.2) is 88.8 Å². The SMILES string of the molecule is C[N+]1(CCCC[N+]2(C)CCOCC2)CCOCC1.[Br-].[Br-]. The molecule has 122 valence electrons. The molecule has 0 unspecified atom stereocenters. The van der Waals surface area contributed by atoms with Gasteiger partial charge in [0.05, 0.1) is 53.6 Å². The number of ether oxygens (including phenoxy) is 2. The fraction of sp³-hybridized carbons (Fsp3) is 1.00. The van der Waals surface area contributed by atoms with Gasteiger partial charge in [-0.3, -0.25) is 0 Å². The molecule has 2 saturated heterocycles. The number of halogens is 2. The molecule has 0 saturated carbocycles. The number of hydrogen-bond donors (Lipinski definition) is 0. The van der Waals surface area contributed by atoms with E-state index in [9.17, 15) is 0 Å². The van der Waals surface area contributed by atoms with E-state index in [1.54, 1.807) is 0 Å². The third-order valence-electron chi connectivity index (χ3n) is 4.75. The van der Waals surface area contributed by atoms with Crippen LogP contribution >= 0.6 is 0 Å². The van der Waals surface area contributed by atoms with Crippen LogP contribution in [0.25, 0.3) is 0 Å². The van der Waals surface area contributed by atoms with Crippen LogP contribution in [0.5, 0.6) is 0 Å². The molecule has 0 atom stereocenters. The van der Waals surface area contributed by atoms with Crippen LogP contribution in [0, 0.1) is 0 Å². The van der Waals surface area contributed by atoms with Crippen LogP contribution in [0.4, 0.5) is 0 Å². The van der Waals surface area contributed by atoms with E-state index in [4.69, 9.17) is 9.47 Å². The summed E-state index contributed by atoms with van der Waals surface area (Å²) in [6, 6.07) is 0. The molecule has 0 aromatic rings. The van der Waals surface area contributed by atoms with Gasteiger partial charge in [0.2, 0.25) is 0 Å². The summed E-state index contributed by atoms with van der Waals surface area (Å²) in [6.45, 7) is 11.2. The van der Waals surface area contributed by atoms with Gasteiger partial charge in [-0.1, -0.05) is 0 Å². The highest BCUT2D eigenvalue weighted by atomic mass is 79.9. The molecule has 0 aromatic carbocycles. The van der Waals surface area contributed by atoms with Crippen LogP contribution in [0.15, 0.2) is 0 Å². The van der Waals surface area contributed by atoms with E-state index in [2.05, 4.69) is 14.1 Å². The smallest absolute Gasteiger partial charge is 0.102 e. The van der Waals surface area contributed by atoms with Crippen LogP contribution in [-0.2, 0) is 9.47 Å². The Balaban J connectivity index is 0.00000180. The number of hydrogen-bond acceptors (Lipinski definition) is 2. The molecule has 0 amide bonds. The van der Waals surface area contributed by atoms with Crippen LogP contribution in [0.1, 0.15) is 12.8 Å². The van der Waals surface area contributed by atoms with E-state index in [1.807, 2.05) is 0 Å². The van der Waals surface area contributed by atoms with E-state index in [0.29, 0.717) is 0 Å². The quantitative estimate of drug-likeness (QED) is 0.328. The molecule has 2 rings (SSSR count). The maximum atomic E-state index is 5.45. The van der Waals surface area contributed by atoms with Gasteiger partial charge in [0.1, 0.15) is 26.2 Å². The molecule has 2 heterocycles. The van der Waals surface area contributed by atoms with Crippen molar-refractivity contribution in [2.45, 2.75) is 12.8 Å². The Morgan fingerprint density at radius 2 is 0.950 bits per heavy atom. The molecule has 0 aliphatic carbocycles. The van der Waals surface area contributed by atoms with Gasteiger partial charge in [-0.2, -0.15) is 0 Å². The van der Waals surface area contributed by atoms with Gasteiger partial charge in [-0.05, 0) is 0 Å². The summed E-state index contributed by atoms with van der Waals surface area (Å²) in [5.74, 6) is 0. The molecule has 2 fully saturated rings. The van der Waals surface area contributed by atoms with E-state index < -0.39 is 0 Å².